The van der Waals surface area contributed by atoms with Crippen LogP contribution in [0.3, 0.4) is 0 Å². The number of Topliss-reactive ketones (excluding diaryl/α,β-unsaturated/α-hetero) is 1. The molecule has 0 spiro atoms. The first-order chi connectivity index (χ1) is 18.7. The second-order valence-electron chi connectivity index (χ2n) is 12.1. The lowest BCUT2D eigenvalue weighted by atomic mass is 10.0. The smallest absolute Gasteiger partial charge is 0.238 e. The first kappa shape index (κ1) is 37.5. The Bertz CT molecular complexity index is 451. The zero-order valence-electron chi connectivity index (χ0n) is 25.9. The molecule has 38 heavy (non-hydrogen) atoms. The lowest BCUT2D eigenvalue weighted by Gasteiger charge is -2.04. The number of unbranched alkanes of at least 4 members (excludes halogenated alkanes) is 27. The lowest BCUT2D eigenvalue weighted by Crippen LogP contribution is -1.97. The molecule has 1 nitrogen and oxygen atoms in total. The predicted molar refractivity (Wildman–Crippen MR) is 164 cm³/mol. The van der Waals surface area contributed by atoms with Crippen molar-refractivity contribution in [1.82, 2.24) is 0 Å². The van der Waals surface area contributed by atoms with Crippen molar-refractivity contribution in [2.24, 2.45) is 0 Å². The van der Waals surface area contributed by atoms with Gasteiger partial charge in [0.25, 0.3) is 0 Å². The van der Waals surface area contributed by atoms with Crippen molar-refractivity contribution >= 4 is 5.78 Å². The van der Waals surface area contributed by atoms with Crippen LogP contribution in [0.2, 0.25) is 0 Å². The Kier molecular flexibility index (Phi) is 32.3. The Hall–Kier alpha value is -0.470. The van der Waals surface area contributed by atoms with Gasteiger partial charge in [0.05, 0.1) is 0 Å². The first-order valence-electron chi connectivity index (χ1n) is 17.5. The van der Waals surface area contributed by atoms with Crippen molar-refractivity contribution in [3.8, 4) is 0 Å². The van der Waals surface area contributed by atoms with E-state index in [0.717, 1.165) is 38.5 Å². The summed E-state index contributed by atoms with van der Waals surface area (Å²) in [5, 5.41) is 0. The van der Waals surface area contributed by atoms with Gasteiger partial charge in [0.15, 0.2) is 0 Å². The molecule has 228 valence electrons. The third-order valence-electron chi connectivity index (χ3n) is 8.19. The van der Waals surface area contributed by atoms with E-state index in [2.05, 4.69) is 6.92 Å². The fourth-order valence-electron chi connectivity index (χ4n) is 5.56. The Balaban J connectivity index is 3.15. The summed E-state index contributed by atoms with van der Waals surface area (Å²) in [7, 11) is 0. The maximum atomic E-state index is 12.1. The summed E-state index contributed by atoms with van der Waals surface area (Å²) in [6.07, 6.45) is 37.0. The summed E-state index contributed by atoms with van der Waals surface area (Å²) < 4.78 is 24.1. The molecule has 0 N–H and O–H groups in total. The number of halogens is 2. The highest BCUT2D eigenvalue weighted by atomic mass is 19.3. The summed E-state index contributed by atoms with van der Waals surface area (Å²) in [6, 6.07) is 0. The maximum Gasteiger partial charge on any atom is 0.238 e. The molecule has 0 atom stereocenters. The van der Waals surface area contributed by atoms with E-state index in [0.29, 0.717) is 12.2 Å². The van der Waals surface area contributed by atoms with E-state index in [9.17, 15) is 13.6 Å². The van der Waals surface area contributed by atoms with Crippen molar-refractivity contribution in [2.45, 2.75) is 219 Å². The largest absolute Gasteiger partial charge is 0.300 e. The van der Waals surface area contributed by atoms with E-state index in [1.165, 1.54) is 154 Å². The van der Waals surface area contributed by atoms with Crippen LogP contribution in [0.25, 0.3) is 0 Å². The van der Waals surface area contributed by atoms with E-state index >= 15 is 0 Å². The van der Waals surface area contributed by atoms with Gasteiger partial charge in [-0.25, -0.2) is 8.78 Å². The number of hydrogen-bond acceptors (Lipinski definition) is 1. The van der Waals surface area contributed by atoms with Crippen LogP contribution in [0.4, 0.5) is 8.78 Å². The van der Waals surface area contributed by atoms with Crippen LogP contribution in [0.5, 0.6) is 0 Å². The predicted octanol–water partition coefficient (Wildman–Crippen LogP) is 13.3. The van der Waals surface area contributed by atoms with Crippen LogP contribution in [-0.2, 0) is 4.79 Å². The topological polar surface area (TPSA) is 17.1 Å². The number of ketones is 1. The molecule has 0 radical (unpaired) electrons. The quantitative estimate of drug-likeness (QED) is 0.0754. The highest BCUT2D eigenvalue weighted by Crippen LogP contribution is 2.16. The van der Waals surface area contributed by atoms with Crippen molar-refractivity contribution in [2.75, 3.05) is 0 Å². The molecule has 0 aromatic rings. The summed E-state index contributed by atoms with van der Waals surface area (Å²) in [6.45, 7) is 2.28. The minimum atomic E-state index is -2.12. The standard InChI is InChI=1S/C35H68F2O/c1-2-3-4-5-6-7-8-9-10-13-16-19-22-25-28-31-34(38)32-29-26-23-20-17-14-11-12-15-18-21-24-27-30-33-35(36)37/h35H,2-33H2,1H3. The van der Waals surface area contributed by atoms with Crippen LogP contribution in [0.1, 0.15) is 212 Å². The minimum Gasteiger partial charge on any atom is -0.300 e. The van der Waals surface area contributed by atoms with Crippen molar-refractivity contribution in [1.29, 1.82) is 0 Å². The average molecular weight is 543 g/mol. The highest BCUT2D eigenvalue weighted by Gasteiger charge is 2.03. The van der Waals surface area contributed by atoms with E-state index in [4.69, 9.17) is 0 Å². The highest BCUT2D eigenvalue weighted by molar-refractivity contribution is 5.78. The number of carbonyl (C=O) groups excluding carboxylic acids is 1. The third kappa shape index (κ3) is 33.6. The minimum absolute atomic E-state index is 0.0792. The van der Waals surface area contributed by atoms with Gasteiger partial charge in [0.2, 0.25) is 6.43 Å². The molecule has 0 unspecified atom stereocenters. The van der Waals surface area contributed by atoms with Crippen molar-refractivity contribution in [3.05, 3.63) is 0 Å². The van der Waals surface area contributed by atoms with Gasteiger partial charge < -0.3 is 0 Å². The van der Waals surface area contributed by atoms with Crippen molar-refractivity contribution in [3.63, 3.8) is 0 Å². The lowest BCUT2D eigenvalue weighted by molar-refractivity contribution is -0.119. The molecule has 0 aromatic carbocycles. The van der Waals surface area contributed by atoms with E-state index < -0.39 is 6.43 Å². The van der Waals surface area contributed by atoms with Crippen LogP contribution >= 0.6 is 0 Å². The fourth-order valence-corrected chi connectivity index (χ4v) is 5.56. The molecule has 0 saturated carbocycles. The van der Waals surface area contributed by atoms with Crippen LogP contribution in [-0.4, -0.2) is 12.2 Å². The van der Waals surface area contributed by atoms with Gasteiger partial charge in [-0.3, -0.25) is 4.79 Å². The molecule has 0 bridgehead atoms. The zero-order chi connectivity index (χ0) is 27.8. The molecule has 0 aliphatic carbocycles. The number of alkyl halides is 2. The number of hydrogen-bond donors (Lipinski definition) is 0. The van der Waals surface area contributed by atoms with Gasteiger partial charge in [-0.1, -0.05) is 174 Å². The van der Waals surface area contributed by atoms with Crippen LogP contribution in [0.15, 0.2) is 0 Å². The summed E-state index contributed by atoms with van der Waals surface area (Å²) in [4.78, 5) is 12.1. The number of rotatable bonds is 33. The van der Waals surface area contributed by atoms with Crippen molar-refractivity contribution < 1.29 is 13.6 Å². The molecule has 0 fully saturated rings. The van der Waals surface area contributed by atoms with Gasteiger partial charge in [0, 0.05) is 19.3 Å². The monoisotopic (exact) mass is 543 g/mol. The fraction of sp³-hybridized carbons (Fsp3) is 0.971. The van der Waals surface area contributed by atoms with Gasteiger partial charge in [0.1, 0.15) is 5.78 Å². The summed E-state index contributed by atoms with van der Waals surface area (Å²) in [5.74, 6) is 0.494. The summed E-state index contributed by atoms with van der Waals surface area (Å²) in [5.41, 5.74) is 0. The van der Waals surface area contributed by atoms with Gasteiger partial charge in [-0.15, -0.1) is 0 Å². The first-order valence-corrected chi connectivity index (χ1v) is 17.5. The van der Waals surface area contributed by atoms with Crippen LogP contribution in [0, 0.1) is 0 Å². The SMILES string of the molecule is CCCCCCCCCCCCCCCCCC(=O)CCCCCCCCCCCCCCCCC(F)F. The molecule has 0 heterocycles. The second kappa shape index (κ2) is 32.7. The Labute approximate surface area is 238 Å². The van der Waals surface area contributed by atoms with Gasteiger partial charge in [-0.05, 0) is 19.3 Å². The normalized spacial score (nSPS) is 11.6. The van der Waals surface area contributed by atoms with Gasteiger partial charge >= 0.3 is 0 Å². The molecular formula is C35H68F2O. The average Bonchev–Trinajstić information content (AvgIpc) is 2.90. The van der Waals surface area contributed by atoms with E-state index in [1.807, 2.05) is 0 Å². The molecule has 0 aromatic heterocycles. The number of carbonyl (C=O) groups is 1. The van der Waals surface area contributed by atoms with E-state index in [1.54, 1.807) is 0 Å². The Morgan fingerprint density at radius 1 is 0.395 bits per heavy atom. The summed E-state index contributed by atoms with van der Waals surface area (Å²) >= 11 is 0. The molecule has 0 aliphatic rings. The van der Waals surface area contributed by atoms with E-state index in [-0.39, 0.29) is 6.42 Å². The maximum absolute atomic E-state index is 12.1. The third-order valence-corrected chi connectivity index (χ3v) is 8.19. The Morgan fingerprint density at radius 3 is 0.895 bits per heavy atom. The molecule has 0 saturated heterocycles. The molecule has 3 heteroatoms. The van der Waals surface area contributed by atoms with Gasteiger partial charge in [-0.2, -0.15) is 0 Å². The zero-order valence-corrected chi connectivity index (χ0v) is 25.9. The molecule has 0 amide bonds. The second-order valence-corrected chi connectivity index (χ2v) is 12.1. The molecule has 0 aliphatic heterocycles. The Morgan fingerprint density at radius 2 is 0.632 bits per heavy atom. The molecular weight excluding hydrogens is 474 g/mol. The van der Waals surface area contributed by atoms with Crippen LogP contribution < -0.4 is 0 Å². The molecule has 0 rings (SSSR count).